The number of nitrogens with zero attached hydrogens (tertiary/aromatic N) is 1. The third-order valence-corrected chi connectivity index (χ3v) is 2.65. The summed E-state index contributed by atoms with van der Waals surface area (Å²) in [5.41, 5.74) is 0.810. The molecule has 1 aromatic heterocycles. The van der Waals surface area contributed by atoms with Gasteiger partial charge in [0, 0.05) is 23.9 Å². The van der Waals surface area contributed by atoms with Crippen molar-refractivity contribution in [2.75, 3.05) is 0 Å². The van der Waals surface area contributed by atoms with Gasteiger partial charge in [-0.05, 0) is 19.1 Å². The van der Waals surface area contributed by atoms with Gasteiger partial charge in [-0.15, -0.1) is 0 Å². The van der Waals surface area contributed by atoms with Crippen LogP contribution in [0, 0.1) is 12.7 Å². The van der Waals surface area contributed by atoms with Crippen LogP contribution in [0.15, 0.2) is 30.5 Å². The van der Waals surface area contributed by atoms with E-state index in [9.17, 15) is 4.39 Å². The Morgan fingerprint density at radius 2 is 2.00 bits per heavy atom. The summed E-state index contributed by atoms with van der Waals surface area (Å²) in [4.78, 5) is 3.90. The molecule has 0 radical (unpaired) electrons. The van der Waals surface area contributed by atoms with E-state index in [1.54, 1.807) is 18.3 Å². The second-order valence-corrected chi connectivity index (χ2v) is 4.24. The number of benzene rings is 1. The summed E-state index contributed by atoms with van der Waals surface area (Å²) < 4.78 is 18.7. The second-order valence-electron chi connectivity index (χ2n) is 3.45. The quantitative estimate of drug-likeness (QED) is 0.743. The van der Waals surface area contributed by atoms with Crippen LogP contribution in [-0.2, 0) is 0 Å². The lowest BCUT2D eigenvalue weighted by atomic mass is 10.3. The minimum absolute atomic E-state index is 0.0573. The maximum Gasteiger partial charge on any atom is 0.145 e. The van der Waals surface area contributed by atoms with Crippen LogP contribution in [0.2, 0.25) is 10.2 Å². The first-order valence-corrected chi connectivity index (χ1v) is 5.57. The lowest BCUT2D eigenvalue weighted by Gasteiger charge is -2.08. The molecule has 17 heavy (non-hydrogen) atoms. The van der Waals surface area contributed by atoms with E-state index in [0.717, 1.165) is 5.56 Å². The highest BCUT2D eigenvalue weighted by molar-refractivity contribution is 6.30. The SMILES string of the molecule is Cc1cnc(Cl)cc1Oc1ccc(Cl)c(F)c1. The van der Waals surface area contributed by atoms with Gasteiger partial charge in [-0.1, -0.05) is 23.2 Å². The highest BCUT2D eigenvalue weighted by Crippen LogP contribution is 2.28. The van der Waals surface area contributed by atoms with Gasteiger partial charge in [0.2, 0.25) is 0 Å². The zero-order valence-electron chi connectivity index (χ0n) is 8.88. The molecule has 2 aromatic rings. The summed E-state index contributed by atoms with van der Waals surface area (Å²) in [6.45, 7) is 1.82. The molecule has 0 amide bonds. The average Bonchev–Trinajstić information content (AvgIpc) is 2.29. The molecule has 0 bridgehead atoms. The largest absolute Gasteiger partial charge is 0.457 e. The smallest absolute Gasteiger partial charge is 0.145 e. The fourth-order valence-electron chi connectivity index (χ4n) is 1.26. The van der Waals surface area contributed by atoms with Crippen LogP contribution in [0.5, 0.6) is 11.5 Å². The third kappa shape index (κ3) is 2.87. The van der Waals surface area contributed by atoms with Gasteiger partial charge in [0.1, 0.15) is 22.5 Å². The highest BCUT2D eigenvalue weighted by Gasteiger charge is 2.06. The fraction of sp³-hybridized carbons (Fsp3) is 0.0833. The minimum Gasteiger partial charge on any atom is -0.457 e. The lowest BCUT2D eigenvalue weighted by molar-refractivity contribution is 0.472. The summed E-state index contributed by atoms with van der Waals surface area (Å²) in [5, 5.41) is 0.377. The molecule has 88 valence electrons. The molecule has 1 heterocycles. The third-order valence-electron chi connectivity index (χ3n) is 2.14. The Labute approximate surface area is 108 Å². The number of aromatic nitrogens is 1. The monoisotopic (exact) mass is 271 g/mol. The van der Waals surface area contributed by atoms with Crippen molar-refractivity contribution in [3.8, 4) is 11.5 Å². The molecule has 0 fully saturated rings. The Hall–Kier alpha value is -1.32. The number of hydrogen-bond acceptors (Lipinski definition) is 2. The minimum atomic E-state index is -0.526. The summed E-state index contributed by atoms with van der Waals surface area (Å²) in [6.07, 6.45) is 1.59. The number of aryl methyl sites for hydroxylation is 1. The van der Waals surface area contributed by atoms with E-state index in [2.05, 4.69) is 4.98 Å². The molecular formula is C12H8Cl2FNO. The van der Waals surface area contributed by atoms with Crippen molar-refractivity contribution in [2.45, 2.75) is 6.92 Å². The first-order valence-electron chi connectivity index (χ1n) is 4.81. The standard InChI is InChI=1S/C12H8Cl2FNO/c1-7-6-16-12(14)5-11(7)17-8-2-3-9(13)10(15)4-8/h2-6H,1H3. The fourth-order valence-corrected chi connectivity index (χ4v) is 1.52. The van der Waals surface area contributed by atoms with Crippen LogP contribution in [-0.4, -0.2) is 4.98 Å². The lowest BCUT2D eigenvalue weighted by Crippen LogP contribution is -1.90. The molecule has 0 saturated heterocycles. The van der Waals surface area contributed by atoms with Gasteiger partial charge in [0.05, 0.1) is 5.02 Å². The first kappa shape index (κ1) is 12.1. The molecule has 2 nitrogen and oxygen atoms in total. The number of rotatable bonds is 2. The maximum atomic E-state index is 13.2. The van der Waals surface area contributed by atoms with Crippen LogP contribution in [0.4, 0.5) is 4.39 Å². The normalized spacial score (nSPS) is 10.4. The van der Waals surface area contributed by atoms with Crippen molar-refractivity contribution < 1.29 is 9.13 Å². The Kier molecular flexibility index (Phi) is 3.50. The highest BCUT2D eigenvalue weighted by atomic mass is 35.5. The molecule has 0 atom stereocenters. The Morgan fingerprint density at radius 3 is 2.71 bits per heavy atom. The molecule has 0 saturated carbocycles. The van der Waals surface area contributed by atoms with Gasteiger partial charge >= 0.3 is 0 Å². The number of halogens is 3. The van der Waals surface area contributed by atoms with Gasteiger partial charge in [-0.25, -0.2) is 9.37 Å². The predicted octanol–water partition coefficient (Wildman–Crippen LogP) is 4.63. The summed E-state index contributed by atoms with van der Waals surface area (Å²) in [7, 11) is 0. The first-order chi connectivity index (χ1) is 8.06. The van der Waals surface area contributed by atoms with E-state index in [-0.39, 0.29) is 5.02 Å². The van der Waals surface area contributed by atoms with Gasteiger partial charge in [0.25, 0.3) is 0 Å². The molecule has 5 heteroatoms. The van der Waals surface area contributed by atoms with Crippen molar-refractivity contribution in [1.29, 1.82) is 0 Å². The van der Waals surface area contributed by atoms with Gasteiger partial charge < -0.3 is 4.74 Å². The zero-order valence-corrected chi connectivity index (χ0v) is 10.4. The van der Waals surface area contributed by atoms with Crippen LogP contribution < -0.4 is 4.74 Å². The summed E-state index contributed by atoms with van der Waals surface area (Å²) in [5.74, 6) is 0.367. The van der Waals surface area contributed by atoms with Crippen molar-refractivity contribution in [3.05, 3.63) is 52.0 Å². The molecule has 0 spiro atoms. The van der Waals surface area contributed by atoms with Gasteiger partial charge in [-0.2, -0.15) is 0 Å². The Morgan fingerprint density at radius 1 is 1.24 bits per heavy atom. The summed E-state index contributed by atoms with van der Waals surface area (Å²) in [6, 6.07) is 5.81. The molecule has 2 rings (SSSR count). The van der Waals surface area contributed by atoms with E-state index in [0.29, 0.717) is 16.7 Å². The number of hydrogen-bond donors (Lipinski definition) is 0. The van der Waals surface area contributed by atoms with Crippen molar-refractivity contribution >= 4 is 23.2 Å². The van der Waals surface area contributed by atoms with Crippen molar-refractivity contribution in [3.63, 3.8) is 0 Å². The maximum absolute atomic E-state index is 13.2. The second kappa shape index (κ2) is 4.90. The molecule has 0 unspecified atom stereocenters. The van der Waals surface area contributed by atoms with Crippen molar-refractivity contribution in [2.24, 2.45) is 0 Å². The molecule has 1 aromatic carbocycles. The molecule has 0 N–H and O–H groups in total. The van der Waals surface area contributed by atoms with Gasteiger partial charge in [-0.3, -0.25) is 0 Å². The number of pyridine rings is 1. The zero-order chi connectivity index (χ0) is 12.4. The van der Waals surface area contributed by atoms with Crippen LogP contribution in [0.1, 0.15) is 5.56 Å². The predicted molar refractivity (Wildman–Crippen MR) is 65.5 cm³/mol. The van der Waals surface area contributed by atoms with Crippen LogP contribution in [0.25, 0.3) is 0 Å². The number of ether oxygens (including phenoxy) is 1. The topological polar surface area (TPSA) is 22.1 Å². The van der Waals surface area contributed by atoms with E-state index in [1.807, 2.05) is 6.92 Å². The van der Waals surface area contributed by atoms with E-state index in [4.69, 9.17) is 27.9 Å². The summed E-state index contributed by atoms with van der Waals surface area (Å²) >= 11 is 11.3. The van der Waals surface area contributed by atoms with E-state index in [1.165, 1.54) is 12.1 Å². The average molecular weight is 272 g/mol. The Bertz CT molecular complexity index is 560. The molecule has 0 aliphatic rings. The molecule has 0 aliphatic heterocycles. The van der Waals surface area contributed by atoms with Crippen LogP contribution >= 0.6 is 23.2 Å². The molecular weight excluding hydrogens is 264 g/mol. The van der Waals surface area contributed by atoms with E-state index >= 15 is 0 Å². The van der Waals surface area contributed by atoms with E-state index < -0.39 is 5.82 Å². The molecule has 0 aliphatic carbocycles. The van der Waals surface area contributed by atoms with Gasteiger partial charge in [0.15, 0.2) is 0 Å². The van der Waals surface area contributed by atoms with Crippen molar-refractivity contribution in [1.82, 2.24) is 4.98 Å². The van der Waals surface area contributed by atoms with Crippen LogP contribution in [0.3, 0.4) is 0 Å². The Balaban J connectivity index is 2.31.